The van der Waals surface area contributed by atoms with E-state index in [0.29, 0.717) is 34.8 Å². The van der Waals surface area contributed by atoms with E-state index in [9.17, 15) is 13.2 Å². The van der Waals surface area contributed by atoms with Gasteiger partial charge >= 0.3 is 165 Å². The first-order chi connectivity index (χ1) is 12.8. The molecule has 0 atom stereocenters. The van der Waals surface area contributed by atoms with Gasteiger partial charge in [-0.1, -0.05) is 0 Å². The summed E-state index contributed by atoms with van der Waals surface area (Å²) in [4.78, 5) is 16.6. The minimum atomic E-state index is -3.69. The van der Waals surface area contributed by atoms with Gasteiger partial charge in [-0.25, -0.2) is 0 Å². The fourth-order valence-electron chi connectivity index (χ4n) is 2.38. The Kier molecular flexibility index (Phi) is 5.81. The third-order valence-electron chi connectivity index (χ3n) is 3.76. The molecule has 1 radical (unpaired) electrons. The normalized spacial score (nSPS) is 13.4. The van der Waals surface area contributed by atoms with Gasteiger partial charge in [-0.05, 0) is 0 Å². The number of hydrogen-bond donors (Lipinski definition) is 2. The Morgan fingerprint density at radius 3 is 2.56 bits per heavy atom. The van der Waals surface area contributed by atoms with Crippen molar-refractivity contribution in [3.05, 3.63) is 53.6 Å². The first-order valence-electron chi connectivity index (χ1n) is 7.87. The molecule has 0 unspecified atom stereocenters. The van der Waals surface area contributed by atoms with Gasteiger partial charge in [0.15, 0.2) is 0 Å². The molecule has 0 aromatic heterocycles. The predicted molar refractivity (Wildman–Crippen MR) is 99.6 cm³/mol. The van der Waals surface area contributed by atoms with Gasteiger partial charge in [-0.15, -0.1) is 0 Å². The summed E-state index contributed by atoms with van der Waals surface area (Å²) in [5.41, 5.74) is 1.34. The molecular weight excluding hydrogens is 437 g/mol. The van der Waals surface area contributed by atoms with Crippen LogP contribution in [-0.2, 0) is 16.4 Å². The Bertz CT molecular complexity index is 990. The number of hydrogen-bond acceptors (Lipinski definition) is 6. The molecule has 0 fully saturated rings. The van der Waals surface area contributed by atoms with Crippen LogP contribution in [0.15, 0.2) is 52.4 Å². The molecule has 141 valence electrons. The summed E-state index contributed by atoms with van der Waals surface area (Å²) in [6.45, 7) is 0.561. The average molecular weight is 453 g/mol. The summed E-state index contributed by atoms with van der Waals surface area (Å²) in [6.07, 6.45) is 0.579. The Morgan fingerprint density at radius 2 is 1.85 bits per heavy atom. The molecule has 10 heteroatoms. The molecule has 0 saturated heterocycles. The van der Waals surface area contributed by atoms with Gasteiger partial charge in [-0.2, -0.15) is 0 Å². The fraction of sp³-hybridized carbons (Fsp3) is 0.176. The SMILES string of the molecule is NS(=O)(=O)c1ccc(CCN=C([Se])NC(=O)c2ccc3c(c2)OCO3)cc1. The molecule has 1 heterocycles. The fourth-order valence-corrected chi connectivity index (χ4v) is 3.28. The quantitative estimate of drug-likeness (QED) is 0.390. The number of amides is 1. The van der Waals surface area contributed by atoms with E-state index >= 15 is 0 Å². The zero-order valence-electron chi connectivity index (χ0n) is 14.0. The van der Waals surface area contributed by atoms with Crippen LogP contribution in [-0.4, -0.2) is 48.4 Å². The summed E-state index contributed by atoms with van der Waals surface area (Å²) in [7, 11) is -3.69. The zero-order valence-corrected chi connectivity index (χ0v) is 16.6. The average Bonchev–Trinajstić information content (AvgIpc) is 3.09. The monoisotopic (exact) mass is 454 g/mol. The molecule has 27 heavy (non-hydrogen) atoms. The van der Waals surface area contributed by atoms with Crippen molar-refractivity contribution in [2.24, 2.45) is 10.1 Å². The number of carbonyl (C=O) groups excluding carboxylic acids is 1. The minimum absolute atomic E-state index is 0.0651. The topological polar surface area (TPSA) is 120 Å². The molecular formula is C17H16N3O5SSe. The summed E-state index contributed by atoms with van der Waals surface area (Å²) in [5, 5.41) is 7.73. The van der Waals surface area contributed by atoms with Crippen LogP contribution in [0, 0.1) is 0 Å². The van der Waals surface area contributed by atoms with Gasteiger partial charge in [-0.3, -0.25) is 0 Å². The van der Waals surface area contributed by atoms with E-state index in [1.54, 1.807) is 30.3 Å². The maximum absolute atomic E-state index is 12.2. The Morgan fingerprint density at radius 1 is 1.15 bits per heavy atom. The van der Waals surface area contributed by atoms with Crippen molar-refractivity contribution in [2.75, 3.05) is 13.3 Å². The van der Waals surface area contributed by atoms with Crippen LogP contribution in [0.1, 0.15) is 15.9 Å². The zero-order chi connectivity index (χ0) is 19.4. The molecule has 3 N–H and O–H groups in total. The molecule has 8 nitrogen and oxygen atoms in total. The molecule has 1 amide bonds. The number of nitrogens with zero attached hydrogens (tertiary/aromatic N) is 1. The number of nitrogens with two attached hydrogens (primary N) is 1. The van der Waals surface area contributed by atoms with Gasteiger partial charge in [0, 0.05) is 0 Å². The van der Waals surface area contributed by atoms with Crippen LogP contribution in [0.5, 0.6) is 11.5 Å². The number of nitrogens with one attached hydrogen (secondary N) is 1. The van der Waals surface area contributed by atoms with Gasteiger partial charge in [0.2, 0.25) is 0 Å². The summed E-state index contributed by atoms with van der Waals surface area (Å²) in [5.74, 6) is 0.824. The van der Waals surface area contributed by atoms with Crippen LogP contribution in [0.4, 0.5) is 0 Å². The van der Waals surface area contributed by atoms with Crippen LogP contribution in [0.3, 0.4) is 0 Å². The first-order valence-corrected chi connectivity index (χ1v) is 10.3. The Hall–Kier alpha value is -2.39. The van der Waals surface area contributed by atoms with Gasteiger partial charge in [0.05, 0.1) is 0 Å². The van der Waals surface area contributed by atoms with E-state index in [1.807, 2.05) is 0 Å². The van der Waals surface area contributed by atoms with Crippen LogP contribution >= 0.6 is 0 Å². The van der Waals surface area contributed by atoms with Crippen LogP contribution in [0.25, 0.3) is 0 Å². The summed E-state index contributed by atoms with van der Waals surface area (Å²) >= 11 is 2.71. The molecule has 0 bridgehead atoms. The molecule has 0 spiro atoms. The maximum atomic E-state index is 12.2. The predicted octanol–water partition coefficient (Wildman–Crippen LogP) is 0.560. The number of carbonyl (C=O) groups is 1. The van der Waals surface area contributed by atoms with Gasteiger partial charge in [0.25, 0.3) is 0 Å². The van der Waals surface area contributed by atoms with Gasteiger partial charge in [0.1, 0.15) is 0 Å². The van der Waals surface area contributed by atoms with Gasteiger partial charge < -0.3 is 0 Å². The number of primary sulfonamides is 1. The standard InChI is InChI=1S/C17H16N3O5SSe/c18-26(22,23)13-4-1-11(2-5-13)7-8-19-17(27)20-16(21)12-3-6-14-15(9-12)25-10-24-14/h1-6,9H,7-8,10H2,(H2,18,22,23)(H,19,20,21). The van der Waals surface area contributed by atoms with E-state index in [2.05, 4.69) is 26.3 Å². The number of ether oxygens (including phenoxy) is 2. The van der Waals surface area contributed by atoms with Crippen molar-refractivity contribution in [2.45, 2.75) is 11.3 Å². The van der Waals surface area contributed by atoms with E-state index in [1.165, 1.54) is 12.1 Å². The van der Waals surface area contributed by atoms with E-state index < -0.39 is 10.0 Å². The van der Waals surface area contributed by atoms with Crippen molar-refractivity contribution in [3.8, 4) is 11.5 Å². The number of aliphatic imine (C=N–C) groups is 1. The van der Waals surface area contributed by atoms with Crippen molar-refractivity contribution >= 4 is 36.7 Å². The van der Waals surface area contributed by atoms with E-state index in [4.69, 9.17) is 14.6 Å². The second-order valence-corrected chi connectivity index (χ2v) is 8.02. The first kappa shape index (κ1) is 19.4. The van der Waals surface area contributed by atoms with Crippen molar-refractivity contribution in [1.29, 1.82) is 0 Å². The Balaban J connectivity index is 1.54. The Labute approximate surface area is 164 Å². The molecule has 1 aliphatic heterocycles. The second-order valence-electron chi connectivity index (χ2n) is 5.65. The number of sulfonamides is 1. The van der Waals surface area contributed by atoms with E-state index in [-0.39, 0.29) is 17.6 Å². The summed E-state index contributed by atoms with van der Waals surface area (Å²) in [6, 6.07) is 11.2. The number of benzene rings is 2. The molecule has 0 aliphatic carbocycles. The second kappa shape index (κ2) is 8.10. The number of rotatable bonds is 5. The molecule has 3 rings (SSSR count). The molecule has 2 aromatic rings. The van der Waals surface area contributed by atoms with E-state index in [0.717, 1.165) is 5.56 Å². The number of fused-ring (bicyclic) bond motifs is 1. The van der Waals surface area contributed by atoms with Crippen molar-refractivity contribution < 1.29 is 22.7 Å². The molecule has 2 aromatic carbocycles. The van der Waals surface area contributed by atoms with Crippen LogP contribution in [0.2, 0.25) is 0 Å². The third kappa shape index (κ3) is 5.07. The van der Waals surface area contributed by atoms with Crippen molar-refractivity contribution in [3.63, 3.8) is 0 Å². The third-order valence-corrected chi connectivity index (χ3v) is 5.18. The van der Waals surface area contributed by atoms with Crippen molar-refractivity contribution in [1.82, 2.24) is 5.32 Å². The number of amidine groups is 1. The molecule has 0 saturated carbocycles. The molecule has 1 aliphatic rings. The van der Waals surface area contributed by atoms with Crippen LogP contribution < -0.4 is 19.9 Å². The summed E-state index contributed by atoms with van der Waals surface area (Å²) < 4.78 is 33.3.